The molecule has 0 aliphatic carbocycles. The molecule has 1 fully saturated rings. The van der Waals surface area contributed by atoms with E-state index in [-0.39, 0.29) is 38.1 Å². The topological polar surface area (TPSA) is 94.9 Å². The van der Waals surface area contributed by atoms with Crippen molar-refractivity contribution < 1.29 is 24.6 Å². The summed E-state index contributed by atoms with van der Waals surface area (Å²) in [6.07, 6.45) is -0.653. The Morgan fingerprint density at radius 2 is 1.69 bits per heavy atom. The predicted octanol–water partition coefficient (Wildman–Crippen LogP) is 0.810. The highest BCUT2D eigenvalue weighted by Gasteiger charge is 2.43. The fourth-order valence-electron chi connectivity index (χ4n) is 2.07. The summed E-state index contributed by atoms with van der Waals surface area (Å²) in [5, 5.41) is 17.9. The van der Waals surface area contributed by atoms with Crippen LogP contribution in [-0.2, 0) is 9.59 Å². The Labute approximate surface area is 92.9 Å². The van der Waals surface area contributed by atoms with Crippen LogP contribution >= 0.6 is 0 Å². The Morgan fingerprint density at radius 3 is 2.00 bits per heavy atom. The van der Waals surface area contributed by atoms with Crippen molar-refractivity contribution in [3.63, 3.8) is 0 Å². The number of carboxylic acids is 1. The first-order chi connectivity index (χ1) is 7.37. The lowest BCUT2D eigenvalue weighted by Gasteiger charge is -2.37. The van der Waals surface area contributed by atoms with Crippen molar-refractivity contribution in [2.24, 2.45) is 5.41 Å². The molecule has 6 nitrogen and oxygen atoms in total. The summed E-state index contributed by atoms with van der Waals surface area (Å²) < 4.78 is 0. The molecule has 90 valence electrons. The highest BCUT2D eigenvalue weighted by Crippen LogP contribution is 2.35. The van der Waals surface area contributed by atoms with Crippen molar-refractivity contribution in [1.82, 2.24) is 4.90 Å². The monoisotopic (exact) mass is 229 g/mol. The Balaban J connectivity index is 2.73. The van der Waals surface area contributed by atoms with E-state index < -0.39 is 17.5 Å². The maximum Gasteiger partial charge on any atom is 0.407 e. The number of ketones is 1. The fraction of sp³-hybridized carbons (Fsp3) is 0.700. The van der Waals surface area contributed by atoms with Crippen molar-refractivity contribution in [3.8, 4) is 0 Å². The van der Waals surface area contributed by atoms with E-state index in [1.807, 2.05) is 0 Å². The molecule has 0 aromatic rings. The lowest BCUT2D eigenvalue weighted by Crippen LogP contribution is -2.46. The second-order valence-corrected chi connectivity index (χ2v) is 4.23. The summed E-state index contributed by atoms with van der Waals surface area (Å²) >= 11 is 0. The average Bonchev–Trinajstić information content (AvgIpc) is 2.17. The second kappa shape index (κ2) is 4.51. The summed E-state index contributed by atoms with van der Waals surface area (Å²) in [4.78, 5) is 34.1. The summed E-state index contributed by atoms with van der Waals surface area (Å²) in [5.74, 6) is -1.18. The predicted molar refractivity (Wildman–Crippen MR) is 54.2 cm³/mol. The molecule has 16 heavy (non-hydrogen) atoms. The first-order valence-corrected chi connectivity index (χ1v) is 5.08. The Morgan fingerprint density at radius 1 is 1.19 bits per heavy atom. The van der Waals surface area contributed by atoms with Crippen LogP contribution in [0, 0.1) is 5.41 Å². The zero-order chi connectivity index (χ0) is 12.3. The van der Waals surface area contributed by atoms with Crippen molar-refractivity contribution in [2.45, 2.75) is 26.2 Å². The first-order valence-electron chi connectivity index (χ1n) is 5.08. The molecule has 1 aliphatic heterocycles. The van der Waals surface area contributed by atoms with Gasteiger partial charge >= 0.3 is 12.1 Å². The summed E-state index contributed by atoms with van der Waals surface area (Å²) in [7, 11) is 0. The molecular weight excluding hydrogens is 214 g/mol. The number of amides is 1. The largest absolute Gasteiger partial charge is 0.481 e. The smallest absolute Gasteiger partial charge is 0.407 e. The second-order valence-electron chi connectivity index (χ2n) is 4.23. The van der Waals surface area contributed by atoms with Gasteiger partial charge in [0.2, 0.25) is 0 Å². The molecule has 1 amide bonds. The number of Topliss-reactive ketones (excluding diaryl/α,β-unsaturated/α-hetero) is 1. The standard InChI is InChI=1S/C10H15NO5/c1-7(12)6-10(8(13)14)2-4-11(5-3-10)9(15)16/h2-6H2,1H3,(H,13,14)(H,15,16). The van der Waals surface area contributed by atoms with Crippen LogP contribution in [0.3, 0.4) is 0 Å². The first kappa shape index (κ1) is 12.5. The Hall–Kier alpha value is -1.59. The number of nitrogens with zero attached hydrogens (tertiary/aromatic N) is 1. The van der Waals surface area contributed by atoms with Crippen LogP contribution in [-0.4, -0.2) is 46.0 Å². The van der Waals surface area contributed by atoms with E-state index >= 15 is 0 Å². The highest BCUT2D eigenvalue weighted by atomic mass is 16.4. The van der Waals surface area contributed by atoms with Crippen LogP contribution in [0.25, 0.3) is 0 Å². The van der Waals surface area contributed by atoms with Gasteiger partial charge in [-0.05, 0) is 19.8 Å². The molecule has 0 saturated carbocycles. The number of carboxylic acid groups (broad SMARTS) is 2. The number of carbonyl (C=O) groups excluding carboxylic acids is 1. The van der Waals surface area contributed by atoms with Gasteiger partial charge in [0, 0.05) is 19.5 Å². The van der Waals surface area contributed by atoms with Crippen LogP contribution in [0.15, 0.2) is 0 Å². The number of hydrogen-bond acceptors (Lipinski definition) is 3. The van der Waals surface area contributed by atoms with Gasteiger partial charge in [0.05, 0.1) is 5.41 Å². The van der Waals surface area contributed by atoms with E-state index in [1.165, 1.54) is 11.8 Å². The van der Waals surface area contributed by atoms with Crippen molar-refractivity contribution in [1.29, 1.82) is 0 Å². The zero-order valence-electron chi connectivity index (χ0n) is 9.10. The zero-order valence-corrected chi connectivity index (χ0v) is 9.10. The van der Waals surface area contributed by atoms with Crippen LogP contribution < -0.4 is 0 Å². The summed E-state index contributed by atoms with van der Waals surface area (Å²) in [6, 6.07) is 0. The normalized spacial score (nSPS) is 19.2. The van der Waals surface area contributed by atoms with Crippen LogP contribution in [0.5, 0.6) is 0 Å². The van der Waals surface area contributed by atoms with Gasteiger partial charge in [0.25, 0.3) is 0 Å². The van der Waals surface area contributed by atoms with E-state index in [9.17, 15) is 14.4 Å². The van der Waals surface area contributed by atoms with E-state index in [4.69, 9.17) is 10.2 Å². The van der Waals surface area contributed by atoms with Gasteiger partial charge in [0.15, 0.2) is 0 Å². The molecule has 1 rings (SSSR count). The highest BCUT2D eigenvalue weighted by molar-refractivity contribution is 5.85. The minimum absolute atomic E-state index is 0.0181. The Kier molecular flexibility index (Phi) is 3.51. The quantitative estimate of drug-likeness (QED) is 0.746. The van der Waals surface area contributed by atoms with Gasteiger partial charge in [-0.15, -0.1) is 0 Å². The molecule has 1 heterocycles. The molecule has 0 radical (unpaired) electrons. The lowest BCUT2D eigenvalue weighted by molar-refractivity contribution is -0.154. The fourth-order valence-corrected chi connectivity index (χ4v) is 2.07. The number of rotatable bonds is 3. The molecule has 2 N–H and O–H groups in total. The van der Waals surface area contributed by atoms with Crippen LogP contribution in [0.4, 0.5) is 4.79 Å². The van der Waals surface area contributed by atoms with Crippen LogP contribution in [0.2, 0.25) is 0 Å². The van der Waals surface area contributed by atoms with Gasteiger partial charge in [-0.2, -0.15) is 0 Å². The van der Waals surface area contributed by atoms with E-state index in [1.54, 1.807) is 0 Å². The number of carbonyl (C=O) groups is 3. The molecule has 0 unspecified atom stereocenters. The maximum absolute atomic E-state index is 11.2. The van der Waals surface area contributed by atoms with Crippen LogP contribution in [0.1, 0.15) is 26.2 Å². The number of aliphatic carboxylic acids is 1. The van der Waals surface area contributed by atoms with E-state index in [0.717, 1.165) is 0 Å². The van der Waals surface area contributed by atoms with Crippen molar-refractivity contribution >= 4 is 17.8 Å². The number of hydrogen-bond donors (Lipinski definition) is 2. The van der Waals surface area contributed by atoms with Crippen molar-refractivity contribution in [3.05, 3.63) is 0 Å². The third-order valence-electron chi connectivity index (χ3n) is 3.03. The maximum atomic E-state index is 11.2. The van der Waals surface area contributed by atoms with Gasteiger partial charge < -0.3 is 15.1 Å². The van der Waals surface area contributed by atoms with Gasteiger partial charge in [-0.3, -0.25) is 9.59 Å². The van der Waals surface area contributed by atoms with Crippen molar-refractivity contribution in [2.75, 3.05) is 13.1 Å². The average molecular weight is 229 g/mol. The Bertz CT molecular complexity index is 317. The molecule has 1 aliphatic rings. The molecule has 0 spiro atoms. The molecule has 6 heteroatoms. The molecule has 0 aromatic heterocycles. The minimum Gasteiger partial charge on any atom is -0.481 e. The molecule has 0 atom stereocenters. The molecule has 1 saturated heterocycles. The molecule has 0 bridgehead atoms. The minimum atomic E-state index is -1.07. The number of likely N-dealkylation sites (tertiary alicyclic amines) is 1. The van der Waals surface area contributed by atoms with Gasteiger partial charge in [-0.1, -0.05) is 0 Å². The van der Waals surface area contributed by atoms with Gasteiger partial charge in [0.1, 0.15) is 5.78 Å². The van der Waals surface area contributed by atoms with Gasteiger partial charge in [-0.25, -0.2) is 4.79 Å². The number of piperidine rings is 1. The summed E-state index contributed by atoms with van der Waals surface area (Å²) in [5.41, 5.74) is -1.07. The molecule has 0 aromatic carbocycles. The third-order valence-corrected chi connectivity index (χ3v) is 3.03. The SMILES string of the molecule is CC(=O)CC1(C(=O)O)CCN(C(=O)O)CC1. The lowest BCUT2D eigenvalue weighted by atomic mass is 9.75. The third kappa shape index (κ3) is 2.50. The molecular formula is C10H15NO5. The van der Waals surface area contributed by atoms with E-state index in [0.29, 0.717) is 0 Å². The summed E-state index contributed by atoms with van der Waals surface area (Å²) in [6.45, 7) is 1.71. The van der Waals surface area contributed by atoms with E-state index in [2.05, 4.69) is 0 Å².